The van der Waals surface area contributed by atoms with Gasteiger partial charge in [0, 0.05) is 11.8 Å². The minimum absolute atomic E-state index is 0.621. The largest absolute Gasteiger partial charge is 0.387 e. The first-order valence-electron chi connectivity index (χ1n) is 4.42. The van der Waals surface area contributed by atoms with Gasteiger partial charge in [0.25, 0.3) is 0 Å². The van der Waals surface area contributed by atoms with E-state index in [-0.39, 0.29) is 0 Å². The van der Waals surface area contributed by atoms with Gasteiger partial charge in [-0.25, -0.2) is 4.98 Å². The Hall–Kier alpha value is -0.900. The van der Waals surface area contributed by atoms with Crippen molar-refractivity contribution in [1.82, 2.24) is 4.98 Å². The van der Waals surface area contributed by atoms with E-state index in [9.17, 15) is 0 Å². The average Bonchev–Trinajstić information content (AvgIpc) is 2.49. The standard InChI is InChI=1S/C9H15N3S/c1-3-4-9(10)11-5-8-6-13-7(2)12-8/h6H,3-5H2,1-2H3,(H2,10,11). The second-order valence-corrected chi connectivity index (χ2v) is 3.98. The Morgan fingerprint density at radius 1 is 1.69 bits per heavy atom. The Morgan fingerprint density at radius 2 is 2.46 bits per heavy atom. The molecule has 0 bridgehead atoms. The zero-order valence-electron chi connectivity index (χ0n) is 8.08. The Morgan fingerprint density at radius 3 is 3.00 bits per heavy atom. The number of thiazole rings is 1. The number of hydrogen-bond donors (Lipinski definition) is 1. The van der Waals surface area contributed by atoms with Gasteiger partial charge in [0.15, 0.2) is 0 Å². The number of rotatable bonds is 4. The Kier molecular flexibility index (Phi) is 3.89. The predicted molar refractivity (Wildman–Crippen MR) is 57.1 cm³/mol. The van der Waals surface area contributed by atoms with Crippen LogP contribution in [0.1, 0.15) is 30.5 Å². The van der Waals surface area contributed by atoms with Gasteiger partial charge >= 0.3 is 0 Å². The van der Waals surface area contributed by atoms with Gasteiger partial charge in [-0.1, -0.05) is 6.92 Å². The van der Waals surface area contributed by atoms with Gasteiger partial charge in [0.05, 0.1) is 23.1 Å². The molecule has 0 atom stereocenters. The van der Waals surface area contributed by atoms with Crippen molar-refractivity contribution in [3.8, 4) is 0 Å². The number of amidine groups is 1. The molecule has 0 amide bonds. The lowest BCUT2D eigenvalue weighted by Gasteiger charge is -1.95. The maximum Gasteiger partial charge on any atom is 0.0941 e. The minimum atomic E-state index is 0.621. The third-order valence-electron chi connectivity index (χ3n) is 1.62. The van der Waals surface area contributed by atoms with E-state index in [1.807, 2.05) is 12.3 Å². The molecule has 0 unspecified atom stereocenters. The lowest BCUT2D eigenvalue weighted by molar-refractivity contribution is 0.938. The van der Waals surface area contributed by atoms with Crippen LogP contribution in [-0.4, -0.2) is 10.8 Å². The molecule has 0 aliphatic rings. The average molecular weight is 197 g/mol. The summed E-state index contributed by atoms with van der Waals surface area (Å²) in [4.78, 5) is 8.53. The van der Waals surface area contributed by atoms with E-state index in [1.54, 1.807) is 11.3 Å². The van der Waals surface area contributed by atoms with Crippen molar-refractivity contribution in [2.75, 3.05) is 0 Å². The highest BCUT2D eigenvalue weighted by molar-refractivity contribution is 7.09. The smallest absolute Gasteiger partial charge is 0.0941 e. The molecule has 0 spiro atoms. The lowest BCUT2D eigenvalue weighted by Crippen LogP contribution is -2.11. The monoisotopic (exact) mass is 197 g/mol. The second-order valence-electron chi connectivity index (χ2n) is 2.92. The number of hydrogen-bond acceptors (Lipinski definition) is 3. The van der Waals surface area contributed by atoms with E-state index in [4.69, 9.17) is 5.73 Å². The van der Waals surface area contributed by atoms with E-state index in [0.29, 0.717) is 6.54 Å². The zero-order valence-corrected chi connectivity index (χ0v) is 8.90. The molecule has 13 heavy (non-hydrogen) atoms. The highest BCUT2D eigenvalue weighted by atomic mass is 32.1. The first-order valence-corrected chi connectivity index (χ1v) is 5.30. The zero-order chi connectivity index (χ0) is 9.68. The molecule has 1 rings (SSSR count). The molecule has 1 aromatic rings. The normalized spacial score (nSPS) is 12.0. The van der Waals surface area contributed by atoms with Crippen molar-refractivity contribution in [3.05, 3.63) is 16.1 Å². The fraction of sp³-hybridized carbons (Fsp3) is 0.556. The summed E-state index contributed by atoms with van der Waals surface area (Å²) in [5.41, 5.74) is 6.68. The number of nitrogens with zero attached hydrogens (tertiary/aromatic N) is 2. The summed E-state index contributed by atoms with van der Waals surface area (Å²) in [6.45, 7) is 4.71. The molecule has 0 aromatic carbocycles. The third-order valence-corrected chi connectivity index (χ3v) is 2.44. The minimum Gasteiger partial charge on any atom is -0.387 e. The SMILES string of the molecule is CCCC(N)=NCc1csc(C)n1. The van der Waals surface area contributed by atoms with Crippen LogP contribution >= 0.6 is 11.3 Å². The number of nitrogens with two attached hydrogens (primary N) is 1. The summed E-state index contributed by atoms with van der Waals surface area (Å²) in [7, 11) is 0. The van der Waals surface area contributed by atoms with Gasteiger partial charge in [-0.15, -0.1) is 11.3 Å². The van der Waals surface area contributed by atoms with E-state index in [1.165, 1.54) is 0 Å². The molecule has 2 N–H and O–H groups in total. The molecule has 72 valence electrons. The summed E-state index contributed by atoms with van der Waals surface area (Å²) < 4.78 is 0. The summed E-state index contributed by atoms with van der Waals surface area (Å²) in [5, 5.41) is 3.11. The van der Waals surface area contributed by atoms with Gasteiger partial charge in [0.2, 0.25) is 0 Å². The Bertz CT molecular complexity index is 291. The van der Waals surface area contributed by atoms with Crippen molar-refractivity contribution in [3.63, 3.8) is 0 Å². The number of aryl methyl sites for hydroxylation is 1. The van der Waals surface area contributed by atoms with Crippen LogP contribution in [0.2, 0.25) is 0 Å². The third kappa shape index (κ3) is 3.55. The first-order chi connectivity index (χ1) is 6.22. The van der Waals surface area contributed by atoms with Gasteiger partial charge in [-0.2, -0.15) is 0 Å². The van der Waals surface area contributed by atoms with Gasteiger partial charge in [-0.05, 0) is 13.3 Å². The van der Waals surface area contributed by atoms with Crippen LogP contribution in [0.3, 0.4) is 0 Å². The van der Waals surface area contributed by atoms with Crippen LogP contribution in [0.25, 0.3) is 0 Å². The van der Waals surface area contributed by atoms with Crippen molar-refractivity contribution in [2.45, 2.75) is 33.2 Å². The van der Waals surface area contributed by atoms with Crippen molar-refractivity contribution < 1.29 is 0 Å². The Labute approximate surface area is 82.7 Å². The quantitative estimate of drug-likeness (QED) is 0.593. The summed E-state index contributed by atoms with van der Waals surface area (Å²) in [6, 6.07) is 0. The second kappa shape index (κ2) is 4.97. The fourth-order valence-electron chi connectivity index (χ4n) is 0.999. The highest BCUT2D eigenvalue weighted by Crippen LogP contribution is 2.08. The number of aliphatic imine (C=N–C) groups is 1. The molecule has 4 heteroatoms. The van der Waals surface area contributed by atoms with Crippen LogP contribution in [0.15, 0.2) is 10.4 Å². The van der Waals surface area contributed by atoms with Crippen LogP contribution in [0.5, 0.6) is 0 Å². The van der Waals surface area contributed by atoms with E-state index in [2.05, 4.69) is 16.9 Å². The molecular weight excluding hydrogens is 182 g/mol. The maximum atomic E-state index is 5.66. The van der Waals surface area contributed by atoms with Crippen LogP contribution in [-0.2, 0) is 6.54 Å². The summed E-state index contributed by atoms with van der Waals surface area (Å²) in [5.74, 6) is 0.730. The predicted octanol–water partition coefficient (Wildman–Crippen LogP) is 2.11. The van der Waals surface area contributed by atoms with Crippen molar-refractivity contribution in [2.24, 2.45) is 10.7 Å². The van der Waals surface area contributed by atoms with Crippen LogP contribution in [0, 0.1) is 6.92 Å². The van der Waals surface area contributed by atoms with Crippen molar-refractivity contribution in [1.29, 1.82) is 0 Å². The van der Waals surface area contributed by atoms with Gasteiger partial charge in [0.1, 0.15) is 0 Å². The Balaban J connectivity index is 2.46. The molecule has 1 heterocycles. The van der Waals surface area contributed by atoms with Gasteiger partial charge in [-0.3, -0.25) is 4.99 Å². The molecular formula is C9H15N3S. The molecule has 0 saturated carbocycles. The molecule has 0 fully saturated rings. The molecule has 0 aliphatic carbocycles. The van der Waals surface area contributed by atoms with E-state index < -0.39 is 0 Å². The molecule has 0 aliphatic heterocycles. The molecule has 1 aromatic heterocycles. The lowest BCUT2D eigenvalue weighted by atomic mass is 10.3. The van der Waals surface area contributed by atoms with Gasteiger partial charge < -0.3 is 5.73 Å². The fourth-order valence-corrected chi connectivity index (χ4v) is 1.60. The maximum absolute atomic E-state index is 5.66. The summed E-state index contributed by atoms with van der Waals surface area (Å²) >= 11 is 1.65. The highest BCUT2D eigenvalue weighted by Gasteiger charge is 1.96. The molecule has 0 radical (unpaired) electrons. The van der Waals surface area contributed by atoms with Crippen LogP contribution in [0.4, 0.5) is 0 Å². The molecule has 3 nitrogen and oxygen atoms in total. The summed E-state index contributed by atoms with van der Waals surface area (Å²) in [6.07, 6.45) is 1.93. The first kappa shape index (κ1) is 10.2. The van der Waals surface area contributed by atoms with E-state index in [0.717, 1.165) is 29.4 Å². The van der Waals surface area contributed by atoms with Crippen LogP contribution < -0.4 is 5.73 Å². The topological polar surface area (TPSA) is 51.3 Å². The van der Waals surface area contributed by atoms with E-state index >= 15 is 0 Å². The van der Waals surface area contributed by atoms with Crippen molar-refractivity contribution >= 4 is 17.2 Å². The number of aromatic nitrogens is 1. The molecule has 0 saturated heterocycles.